The van der Waals surface area contributed by atoms with Gasteiger partial charge in [-0.1, -0.05) is 12.1 Å². The van der Waals surface area contributed by atoms with Gasteiger partial charge in [0.15, 0.2) is 0 Å². The summed E-state index contributed by atoms with van der Waals surface area (Å²) in [6.07, 6.45) is 0. The summed E-state index contributed by atoms with van der Waals surface area (Å²) in [5.74, 6) is 0.913. The topological polar surface area (TPSA) is 33.3 Å². The molecule has 0 bridgehead atoms. The molecule has 0 aliphatic heterocycles. The standard InChI is InChI=1S/C18H24N2O/c1-4-21-17-9-7-16(8-10-17)19-11-12-20-18-13-14(2)5-6-15(18)3/h5-10,13,19-20H,4,11-12H2,1-3H3. The molecule has 0 amide bonds. The van der Waals surface area contributed by atoms with E-state index < -0.39 is 0 Å². The van der Waals surface area contributed by atoms with Gasteiger partial charge in [0.25, 0.3) is 0 Å². The first kappa shape index (κ1) is 15.2. The fourth-order valence-corrected chi connectivity index (χ4v) is 2.17. The SMILES string of the molecule is CCOc1ccc(NCCNc2cc(C)ccc2C)cc1. The molecule has 112 valence electrons. The number of rotatable bonds is 7. The number of nitrogens with one attached hydrogen (secondary N) is 2. The van der Waals surface area contributed by atoms with Crippen molar-refractivity contribution < 1.29 is 4.74 Å². The molecule has 0 radical (unpaired) electrons. The van der Waals surface area contributed by atoms with Crippen LogP contribution in [0.25, 0.3) is 0 Å². The third kappa shape index (κ3) is 4.71. The predicted molar refractivity (Wildman–Crippen MR) is 90.5 cm³/mol. The van der Waals surface area contributed by atoms with Gasteiger partial charge < -0.3 is 15.4 Å². The molecule has 0 unspecified atom stereocenters. The number of hydrogen-bond acceptors (Lipinski definition) is 3. The molecule has 0 saturated heterocycles. The minimum Gasteiger partial charge on any atom is -0.494 e. The molecule has 3 heteroatoms. The van der Waals surface area contributed by atoms with Gasteiger partial charge in [-0.15, -0.1) is 0 Å². The third-order valence-corrected chi connectivity index (χ3v) is 3.33. The maximum Gasteiger partial charge on any atom is 0.119 e. The summed E-state index contributed by atoms with van der Waals surface area (Å²) in [7, 11) is 0. The van der Waals surface area contributed by atoms with Crippen molar-refractivity contribution in [3.05, 3.63) is 53.6 Å². The van der Waals surface area contributed by atoms with Crippen LogP contribution in [-0.4, -0.2) is 19.7 Å². The van der Waals surface area contributed by atoms with Crippen molar-refractivity contribution >= 4 is 11.4 Å². The highest BCUT2D eigenvalue weighted by Crippen LogP contribution is 2.17. The number of aryl methyl sites for hydroxylation is 2. The lowest BCUT2D eigenvalue weighted by molar-refractivity contribution is 0.340. The van der Waals surface area contributed by atoms with Crippen molar-refractivity contribution in [3.8, 4) is 5.75 Å². The van der Waals surface area contributed by atoms with Crippen LogP contribution < -0.4 is 15.4 Å². The van der Waals surface area contributed by atoms with Crippen LogP contribution in [0, 0.1) is 13.8 Å². The molecular formula is C18H24N2O. The normalized spacial score (nSPS) is 10.2. The second-order valence-corrected chi connectivity index (χ2v) is 5.13. The first-order valence-electron chi connectivity index (χ1n) is 7.47. The highest BCUT2D eigenvalue weighted by atomic mass is 16.5. The number of anilines is 2. The number of benzene rings is 2. The molecule has 0 saturated carbocycles. The summed E-state index contributed by atoms with van der Waals surface area (Å²) in [6, 6.07) is 14.5. The van der Waals surface area contributed by atoms with Crippen LogP contribution in [0.4, 0.5) is 11.4 Å². The van der Waals surface area contributed by atoms with Gasteiger partial charge in [0.2, 0.25) is 0 Å². The van der Waals surface area contributed by atoms with Crippen molar-refractivity contribution in [2.24, 2.45) is 0 Å². The van der Waals surface area contributed by atoms with Crippen LogP contribution in [0.1, 0.15) is 18.1 Å². The molecule has 2 N–H and O–H groups in total. The Morgan fingerprint density at radius 1 is 0.905 bits per heavy atom. The summed E-state index contributed by atoms with van der Waals surface area (Å²) >= 11 is 0. The van der Waals surface area contributed by atoms with E-state index in [2.05, 4.69) is 42.7 Å². The maximum absolute atomic E-state index is 5.43. The van der Waals surface area contributed by atoms with Gasteiger partial charge in [-0.25, -0.2) is 0 Å². The molecule has 2 aromatic rings. The van der Waals surface area contributed by atoms with Gasteiger partial charge in [-0.05, 0) is 62.2 Å². The summed E-state index contributed by atoms with van der Waals surface area (Å²) in [5.41, 5.74) is 4.88. The molecule has 0 spiro atoms. The van der Waals surface area contributed by atoms with E-state index >= 15 is 0 Å². The van der Waals surface area contributed by atoms with Gasteiger partial charge in [0.1, 0.15) is 5.75 Å². The van der Waals surface area contributed by atoms with E-state index in [1.165, 1.54) is 16.8 Å². The molecule has 0 aliphatic rings. The molecule has 0 aromatic heterocycles. The van der Waals surface area contributed by atoms with E-state index in [1.54, 1.807) is 0 Å². The van der Waals surface area contributed by atoms with E-state index in [-0.39, 0.29) is 0 Å². The van der Waals surface area contributed by atoms with E-state index in [0.717, 1.165) is 24.5 Å². The average Bonchev–Trinajstić information content (AvgIpc) is 2.49. The Morgan fingerprint density at radius 3 is 2.33 bits per heavy atom. The van der Waals surface area contributed by atoms with Crippen LogP contribution in [0.3, 0.4) is 0 Å². The Bertz CT molecular complexity index is 564. The highest BCUT2D eigenvalue weighted by Gasteiger charge is 1.98. The zero-order chi connectivity index (χ0) is 15.1. The van der Waals surface area contributed by atoms with Crippen molar-refractivity contribution in [3.63, 3.8) is 0 Å². The van der Waals surface area contributed by atoms with Crippen LogP contribution in [0.5, 0.6) is 5.75 Å². The van der Waals surface area contributed by atoms with Crippen molar-refractivity contribution in [1.82, 2.24) is 0 Å². The van der Waals surface area contributed by atoms with E-state index in [1.807, 2.05) is 31.2 Å². The summed E-state index contributed by atoms with van der Waals surface area (Å²) < 4.78 is 5.43. The predicted octanol–water partition coefficient (Wildman–Crippen LogP) is 4.23. The van der Waals surface area contributed by atoms with Crippen molar-refractivity contribution in [2.45, 2.75) is 20.8 Å². The van der Waals surface area contributed by atoms with E-state index in [0.29, 0.717) is 6.61 Å². The minimum absolute atomic E-state index is 0.701. The lowest BCUT2D eigenvalue weighted by Gasteiger charge is -2.12. The number of hydrogen-bond donors (Lipinski definition) is 2. The largest absolute Gasteiger partial charge is 0.494 e. The molecule has 0 fully saturated rings. The monoisotopic (exact) mass is 284 g/mol. The van der Waals surface area contributed by atoms with Gasteiger partial charge in [0, 0.05) is 24.5 Å². The first-order chi connectivity index (χ1) is 10.2. The zero-order valence-corrected chi connectivity index (χ0v) is 13.1. The lowest BCUT2D eigenvalue weighted by Crippen LogP contribution is -2.14. The molecule has 2 aromatic carbocycles. The smallest absolute Gasteiger partial charge is 0.119 e. The first-order valence-corrected chi connectivity index (χ1v) is 7.47. The molecule has 0 aliphatic carbocycles. The van der Waals surface area contributed by atoms with Crippen LogP contribution in [-0.2, 0) is 0 Å². The Labute approximate surface area is 127 Å². The van der Waals surface area contributed by atoms with Crippen LogP contribution in [0.15, 0.2) is 42.5 Å². The van der Waals surface area contributed by atoms with Crippen LogP contribution in [0.2, 0.25) is 0 Å². The van der Waals surface area contributed by atoms with E-state index in [9.17, 15) is 0 Å². The summed E-state index contributed by atoms with van der Waals surface area (Å²) in [5, 5.41) is 6.87. The van der Waals surface area contributed by atoms with Crippen molar-refractivity contribution in [2.75, 3.05) is 30.3 Å². The molecule has 21 heavy (non-hydrogen) atoms. The second-order valence-electron chi connectivity index (χ2n) is 5.13. The summed E-state index contributed by atoms with van der Waals surface area (Å²) in [4.78, 5) is 0. The molecule has 0 atom stereocenters. The molecule has 0 heterocycles. The Balaban J connectivity index is 1.77. The minimum atomic E-state index is 0.701. The zero-order valence-electron chi connectivity index (χ0n) is 13.1. The van der Waals surface area contributed by atoms with Gasteiger partial charge >= 0.3 is 0 Å². The fraction of sp³-hybridized carbons (Fsp3) is 0.333. The number of ether oxygens (including phenoxy) is 1. The molecular weight excluding hydrogens is 260 g/mol. The van der Waals surface area contributed by atoms with E-state index in [4.69, 9.17) is 4.74 Å². The Hall–Kier alpha value is -2.16. The molecule has 3 nitrogen and oxygen atoms in total. The third-order valence-electron chi connectivity index (χ3n) is 3.33. The summed E-state index contributed by atoms with van der Waals surface area (Å²) in [6.45, 7) is 8.70. The second kappa shape index (κ2) is 7.58. The van der Waals surface area contributed by atoms with Gasteiger partial charge in [-0.2, -0.15) is 0 Å². The van der Waals surface area contributed by atoms with Gasteiger partial charge in [0.05, 0.1) is 6.61 Å². The highest BCUT2D eigenvalue weighted by molar-refractivity contribution is 5.53. The van der Waals surface area contributed by atoms with Crippen LogP contribution >= 0.6 is 0 Å². The molecule has 2 rings (SSSR count). The maximum atomic E-state index is 5.43. The lowest BCUT2D eigenvalue weighted by atomic mass is 10.1. The van der Waals surface area contributed by atoms with Crippen molar-refractivity contribution in [1.29, 1.82) is 0 Å². The Morgan fingerprint density at radius 2 is 1.62 bits per heavy atom. The average molecular weight is 284 g/mol. The fourth-order valence-electron chi connectivity index (χ4n) is 2.17. The quantitative estimate of drug-likeness (QED) is 0.747. The Kier molecular flexibility index (Phi) is 5.50. The van der Waals surface area contributed by atoms with Gasteiger partial charge in [-0.3, -0.25) is 0 Å².